The van der Waals surface area contributed by atoms with E-state index in [1.54, 1.807) is 6.21 Å². The van der Waals surface area contributed by atoms with Crippen LogP contribution in [0.1, 0.15) is 11.4 Å². The Morgan fingerprint density at radius 2 is 2.60 bits per heavy atom. The van der Waals surface area contributed by atoms with E-state index in [4.69, 9.17) is 0 Å². The fraction of sp³-hybridized carbons (Fsp3) is 0.333. The van der Waals surface area contributed by atoms with Crippen molar-refractivity contribution in [1.82, 2.24) is 10.2 Å². The lowest BCUT2D eigenvalue weighted by Gasteiger charge is -1.80. The number of aryl methyl sites for hydroxylation is 1. The molecule has 0 fully saturated rings. The molecule has 0 amide bonds. The summed E-state index contributed by atoms with van der Waals surface area (Å²) in [6.07, 6.45) is 1.55. The standard InChI is InChI=1S/C6H9N3O/c1-5-3-6(9-8-5)4-7-10-2/h3-4H,1-2H3,(H,8,9)/b7-4+. The highest BCUT2D eigenvalue weighted by atomic mass is 16.6. The average Bonchev–Trinajstić information content (AvgIpc) is 2.31. The molecular weight excluding hydrogens is 130 g/mol. The topological polar surface area (TPSA) is 50.3 Å². The normalized spacial score (nSPS) is 10.6. The molecule has 1 rings (SSSR count). The van der Waals surface area contributed by atoms with Gasteiger partial charge in [0.05, 0.1) is 6.21 Å². The van der Waals surface area contributed by atoms with Gasteiger partial charge in [-0.15, -0.1) is 0 Å². The zero-order valence-corrected chi connectivity index (χ0v) is 5.96. The van der Waals surface area contributed by atoms with Gasteiger partial charge >= 0.3 is 0 Å². The third kappa shape index (κ3) is 1.58. The van der Waals surface area contributed by atoms with Crippen LogP contribution in [0.5, 0.6) is 0 Å². The Hall–Kier alpha value is -1.32. The van der Waals surface area contributed by atoms with Crippen molar-refractivity contribution in [2.24, 2.45) is 5.16 Å². The molecule has 0 bridgehead atoms. The highest BCUT2D eigenvalue weighted by Gasteiger charge is 1.90. The number of nitrogens with zero attached hydrogens (tertiary/aromatic N) is 2. The Morgan fingerprint density at radius 3 is 3.10 bits per heavy atom. The molecule has 0 aliphatic carbocycles. The van der Waals surface area contributed by atoms with Gasteiger partial charge in [0.15, 0.2) is 0 Å². The second-order valence-electron chi connectivity index (χ2n) is 1.89. The maximum atomic E-state index is 4.47. The van der Waals surface area contributed by atoms with Crippen LogP contribution in [0.2, 0.25) is 0 Å². The predicted octanol–water partition coefficient (Wildman–Crippen LogP) is 0.698. The van der Waals surface area contributed by atoms with E-state index in [2.05, 4.69) is 20.2 Å². The van der Waals surface area contributed by atoms with E-state index in [1.807, 2.05) is 13.0 Å². The first-order valence-electron chi connectivity index (χ1n) is 2.91. The number of hydrogen-bond donors (Lipinski definition) is 1. The molecular formula is C6H9N3O. The molecule has 1 aromatic heterocycles. The van der Waals surface area contributed by atoms with Crippen molar-refractivity contribution >= 4 is 6.21 Å². The minimum Gasteiger partial charge on any atom is -0.399 e. The molecule has 0 radical (unpaired) electrons. The first kappa shape index (κ1) is 6.80. The van der Waals surface area contributed by atoms with E-state index in [0.29, 0.717) is 0 Å². The van der Waals surface area contributed by atoms with Crippen LogP contribution in [-0.2, 0) is 4.84 Å². The molecule has 0 saturated carbocycles. The van der Waals surface area contributed by atoms with Crippen LogP contribution in [0, 0.1) is 6.92 Å². The molecule has 0 atom stereocenters. The number of hydrogen-bond acceptors (Lipinski definition) is 3. The Labute approximate surface area is 58.9 Å². The molecule has 54 valence electrons. The number of nitrogens with one attached hydrogen (secondary N) is 1. The highest BCUT2D eigenvalue weighted by molar-refractivity contribution is 5.76. The van der Waals surface area contributed by atoms with Crippen LogP contribution in [0.15, 0.2) is 11.2 Å². The summed E-state index contributed by atoms with van der Waals surface area (Å²) in [6.45, 7) is 1.93. The fourth-order valence-electron chi connectivity index (χ4n) is 0.612. The summed E-state index contributed by atoms with van der Waals surface area (Å²) in [5.74, 6) is 0. The van der Waals surface area contributed by atoms with Crippen LogP contribution >= 0.6 is 0 Å². The monoisotopic (exact) mass is 139 g/mol. The maximum Gasteiger partial charge on any atom is 0.107 e. The second-order valence-corrected chi connectivity index (χ2v) is 1.89. The molecule has 4 nitrogen and oxygen atoms in total. The van der Waals surface area contributed by atoms with Gasteiger partial charge in [-0.05, 0) is 13.0 Å². The molecule has 4 heteroatoms. The maximum absolute atomic E-state index is 4.47. The zero-order valence-electron chi connectivity index (χ0n) is 5.96. The van der Waals surface area contributed by atoms with E-state index in [9.17, 15) is 0 Å². The van der Waals surface area contributed by atoms with E-state index >= 15 is 0 Å². The van der Waals surface area contributed by atoms with Crippen molar-refractivity contribution in [2.45, 2.75) is 6.92 Å². The summed E-state index contributed by atoms with van der Waals surface area (Å²) in [4.78, 5) is 4.47. The molecule has 0 aliphatic heterocycles. The van der Waals surface area contributed by atoms with E-state index in [1.165, 1.54) is 7.11 Å². The first-order valence-corrected chi connectivity index (χ1v) is 2.91. The first-order chi connectivity index (χ1) is 4.83. The second kappa shape index (κ2) is 3.00. The van der Waals surface area contributed by atoms with Gasteiger partial charge < -0.3 is 4.84 Å². The molecule has 10 heavy (non-hydrogen) atoms. The fourth-order valence-corrected chi connectivity index (χ4v) is 0.612. The Morgan fingerprint density at radius 1 is 1.80 bits per heavy atom. The Balaban J connectivity index is 2.67. The number of oxime groups is 1. The molecule has 1 N–H and O–H groups in total. The minimum absolute atomic E-state index is 0.777. The van der Waals surface area contributed by atoms with Gasteiger partial charge in [0, 0.05) is 5.69 Å². The molecule has 0 aromatic carbocycles. The van der Waals surface area contributed by atoms with Crippen LogP contribution in [-0.4, -0.2) is 23.5 Å². The van der Waals surface area contributed by atoms with Gasteiger partial charge in [0.25, 0.3) is 0 Å². The van der Waals surface area contributed by atoms with Gasteiger partial charge in [-0.3, -0.25) is 5.10 Å². The van der Waals surface area contributed by atoms with E-state index < -0.39 is 0 Å². The van der Waals surface area contributed by atoms with Crippen molar-refractivity contribution in [3.8, 4) is 0 Å². The van der Waals surface area contributed by atoms with Crippen LogP contribution in [0.25, 0.3) is 0 Å². The smallest absolute Gasteiger partial charge is 0.107 e. The number of aromatic amines is 1. The molecule has 0 saturated heterocycles. The van der Waals surface area contributed by atoms with Gasteiger partial charge in [-0.1, -0.05) is 5.16 Å². The van der Waals surface area contributed by atoms with E-state index in [-0.39, 0.29) is 0 Å². The Bertz CT molecular complexity index is 229. The number of rotatable bonds is 2. The third-order valence-electron chi connectivity index (χ3n) is 1.02. The number of aromatic nitrogens is 2. The molecule has 1 aromatic rings. The van der Waals surface area contributed by atoms with Crippen molar-refractivity contribution in [3.05, 3.63) is 17.5 Å². The van der Waals surface area contributed by atoms with Crippen LogP contribution in [0.4, 0.5) is 0 Å². The van der Waals surface area contributed by atoms with Crippen molar-refractivity contribution < 1.29 is 4.84 Å². The van der Waals surface area contributed by atoms with Crippen molar-refractivity contribution in [3.63, 3.8) is 0 Å². The summed E-state index contributed by atoms with van der Waals surface area (Å²) in [5.41, 5.74) is 1.79. The largest absolute Gasteiger partial charge is 0.399 e. The lowest BCUT2D eigenvalue weighted by Crippen LogP contribution is -1.80. The molecule has 0 aliphatic rings. The molecule has 1 heterocycles. The lowest BCUT2D eigenvalue weighted by atomic mass is 10.4. The van der Waals surface area contributed by atoms with E-state index in [0.717, 1.165) is 11.4 Å². The summed E-state index contributed by atoms with van der Waals surface area (Å²) >= 11 is 0. The summed E-state index contributed by atoms with van der Waals surface area (Å²) < 4.78 is 0. The number of H-pyrrole nitrogens is 1. The van der Waals surface area contributed by atoms with Gasteiger partial charge in [0.1, 0.15) is 12.8 Å². The zero-order chi connectivity index (χ0) is 7.40. The highest BCUT2D eigenvalue weighted by Crippen LogP contribution is 1.93. The van der Waals surface area contributed by atoms with Crippen molar-refractivity contribution in [1.29, 1.82) is 0 Å². The summed E-state index contributed by atoms with van der Waals surface area (Å²) in [7, 11) is 1.50. The van der Waals surface area contributed by atoms with Gasteiger partial charge in [-0.25, -0.2) is 0 Å². The summed E-state index contributed by atoms with van der Waals surface area (Å²) in [5, 5.41) is 10.2. The molecule has 0 unspecified atom stereocenters. The third-order valence-corrected chi connectivity index (χ3v) is 1.02. The molecule has 0 spiro atoms. The predicted molar refractivity (Wildman–Crippen MR) is 37.9 cm³/mol. The summed E-state index contributed by atoms with van der Waals surface area (Å²) in [6, 6.07) is 1.88. The SMILES string of the molecule is CO/N=C/c1cc(C)[nH]n1. The average molecular weight is 139 g/mol. The quantitative estimate of drug-likeness (QED) is 0.484. The van der Waals surface area contributed by atoms with Gasteiger partial charge in [0.2, 0.25) is 0 Å². The van der Waals surface area contributed by atoms with Crippen LogP contribution in [0.3, 0.4) is 0 Å². The minimum atomic E-state index is 0.777. The lowest BCUT2D eigenvalue weighted by molar-refractivity contribution is 0.215. The van der Waals surface area contributed by atoms with Crippen LogP contribution < -0.4 is 0 Å². The van der Waals surface area contributed by atoms with Gasteiger partial charge in [-0.2, -0.15) is 5.10 Å². The Kier molecular flexibility index (Phi) is 2.04. The van der Waals surface area contributed by atoms with Crippen molar-refractivity contribution in [2.75, 3.05) is 7.11 Å².